The van der Waals surface area contributed by atoms with E-state index in [2.05, 4.69) is 15.9 Å². The molecule has 1 aromatic heterocycles. The fraction of sp³-hybridized carbons (Fsp3) is 0.143. The van der Waals surface area contributed by atoms with Crippen LogP contribution in [0.5, 0.6) is 0 Å². The number of halogens is 1. The van der Waals surface area contributed by atoms with E-state index in [9.17, 15) is 9.59 Å². The predicted molar refractivity (Wildman–Crippen MR) is 80.3 cm³/mol. The molecule has 0 aliphatic carbocycles. The van der Waals surface area contributed by atoms with Gasteiger partial charge in [0, 0.05) is 20.4 Å². The summed E-state index contributed by atoms with van der Waals surface area (Å²) in [6, 6.07) is 6.81. The van der Waals surface area contributed by atoms with E-state index in [0.29, 0.717) is 18.7 Å². The molecule has 102 valence electrons. The molecule has 1 aromatic carbocycles. The molecule has 1 amide bonds. The SMILES string of the molecule is O=C(O)c1ccc2c(c1)N(Cc1cc(Br)cs1)C(=O)C2. The highest BCUT2D eigenvalue weighted by atomic mass is 79.9. The number of thiophene rings is 1. The van der Waals surface area contributed by atoms with Crippen LogP contribution in [0, 0.1) is 0 Å². The Morgan fingerprint density at radius 1 is 1.40 bits per heavy atom. The number of rotatable bonds is 3. The number of anilines is 1. The lowest BCUT2D eigenvalue weighted by Crippen LogP contribution is -2.25. The number of nitrogens with zero attached hydrogens (tertiary/aromatic N) is 1. The number of carboxylic acid groups (broad SMARTS) is 1. The maximum absolute atomic E-state index is 12.1. The Bertz CT molecular complexity index is 710. The second-order valence-electron chi connectivity index (χ2n) is 4.54. The van der Waals surface area contributed by atoms with Gasteiger partial charge in [0.25, 0.3) is 0 Å². The van der Waals surface area contributed by atoms with E-state index >= 15 is 0 Å². The second-order valence-corrected chi connectivity index (χ2v) is 6.45. The van der Waals surface area contributed by atoms with E-state index in [1.54, 1.807) is 34.4 Å². The molecule has 4 nitrogen and oxygen atoms in total. The third-order valence-corrected chi connectivity index (χ3v) is 4.88. The van der Waals surface area contributed by atoms with Crippen molar-refractivity contribution in [2.24, 2.45) is 0 Å². The first-order valence-electron chi connectivity index (χ1n) is 5.94. The van der Waals surface area contributed by atoms with Gasteiger partial charge in [-0.05, 0) is 39.7 Å². The van der Waals surface area contributed by atoms with Crippen LogP contribution in [0.2, 0.25) is 0 Å². The molecule has 0 bridgehead atoms. The van der Waals surface area contributed by atoms with E-state index in [1.165, 1.54) is 0 Å². The van der Waals surface area contributed by atoms with Crippen molar-refractivity contribution in [3.05, 3.63) is 50.1 Å². The molecule has 3 rings (SSSR count). The van der Waals surface area contributed by atoms with E-state index in [4.69, 9.17) is 5.11 Å². The highest BCUT2D eigenvalue weighted by molar-refractivity contribution is 9.10. The summed E-state index contributed by atoms with van der Waals surface area (Å²) >= 11 is 4.95. The topological polar surface area (TPSA) is 57.6 Å². The van der Waals surface area contributed by atoms with Crippen LogP contribution in [0.3, 0.4) is 0 Å². The van der Waals surface area contributed by atoms with Gasteiger partial charge >= 0.3 is 5.97 Å². The fourth-order valence-corrected chi connectivity index (χ4v) is 3.70. The lowest BCUT2D eigenvalue weighted by Gasteiger charge is -2.16. The first kappa shape index (κ1) is 13.3. The van der Waals surface area contributed by atoms with Crippen LogP contribution < -0.4 is 4.90 Å². The third kappa shape index (κ3) is 2.36. The number of carbonyl (C=O) groups excluding carboxylic acids is 1. The summed E-state index contributed by atoms with van der Waals surface area (Å²) in [5.41, 5.74) is 1.80. The molecule has 1 aliphatic rings. The minimum atomic E-state index is -0.981. The summed E-state index contributed by atoms with van der Waals surface area (Å²) < 4.78 is 0.989. The molecule has 0 saturated heterocycles. The number of fused-ring (bicyclic) bond motifs is 1. The van der Waals surface area contributed by atoms with Crippen molar-refractivity contribution in [1.29, 1.82) is 0 Å². The van der Waals surface area contributed by atoms with E-state index in [1.807, 2.05) is 11.4 Å². The van der Waals surface area contributed by atoms with Gasteiger partial charge < -0.3 is 10.0 Å². The number of hydrogen-bond donors (Lipinski definition) is 1. The zero-order valence-corrected chi connectivity index (χ0v) is 12.7. The Hall–Kier alpha value is -1.66. The Balaban J connectivity index is 1.95. The van der Waals surface area contributed by atoms with Crippen molar-refractivity contribution < 1.29 is 14.7 Å². The smallest absolute Gasteiger partial charge is 0.335 e. The molecule has 0 saturated carbocycles. The van der Waals surface area contributed by atoms with Crippen LogP contribution in [0.1, 0.15) is 20.8 Å². The number of amides is 1. The average Bonchev–Trinajstić information content (AvgIpc) is 2.94. The fourth-order valence-electron chi connectivity index (χ4n) is 2.26. The summed E-state index contributed by atoms with van der Waals surface area (Å²) in [5.74, 6) is -0.974. The molecule has 20 heavy (non-hydrogen) atoms. The van der Waals surface area contributed by atoms with Gasteiger partial charge in [-0.15, -0.1) is 11.3 Å². The van der Waals surface area contributed by atoms with Crippen LogP contribution in [-0.2, 0) is 17.8 Å². The molecule has 2 aromatic rings. The van der Waals surface area contributed by atoms with Crippen molar-refractivity contribution in [1.82, 2.24) is 0 Å². The summed E-state index contributed by atoms with van der Waals surface area (Å²) in [4.78, 5) is 25.8. The summed E-state index contributed by atoms with van der Waals surface area (Å²) in [6.45, 7) is 0.477. The zero-order chi connectivity index (χ0) is 14.3. The van der Waals surface area contributed by atoms with Crippen molar-refractivity contribution in [2.45, 2.75) is 13.0 Å². The minimum absolute atomic E-state index is 0.00654. The summed E-state index contributed by atoms with van der Waals surface area (Å²) in [6.07, 6.45) is 0.335. The number of aromatic carboxylic acids is 1. The van der Waals surface area contributed by atoms with E-state index in [-0.39, 0.29) is 11.5 Å². The monoisotopic (exact) mass is 351 g/mol. The number of carboxylic acids is 1. The maximum atomic E-state index is 12.1. The maximum Gasteiger partial charge on any atom is 0.335 e. The van der Waals surface area contributed by atoms with Gasteiger partial charge in [-0.2, -0.15) is 0 Å². The Labute approximate surface area is 127 Å². The minimum Gasteiger partial charge on any atom is -0.478 e. The van der Waals surface area contributed by atoms with Gasteiger partial charge in [0.2, 0.25) is 5.91 Å². The standard InChI is InChI=1S/C14H10BrNO3S/c15-10-5-11(20-7-10)6-16-12-3-9(14(18)19)2-1-8(12)4-13(16)17/h1-3,5,7H,4,6H2,(H,18,19). The lowest BCUT2D eigenvalue weighted by molar-refractivity contribution is -0.117. The second kappa shape index (κ2) is 5.03. The van der Waals surface area contributed by atoms with Crippen LogP contribution in [-0.4, -0.2) is 17.0 Å². The van der Waals surface area contributed by atoms with Gasteiger partial charge in [-0.3, -0.25) is 4.79 Å². The van der Waals surface area contributed by atoms with Crippen molar-refractivity contribution >= 4 is 44.8 Å². The molecule has 0 unspecified atom stereocenters. The average molecular weight is 352 g/mol. The third-order valence-electron chi connectivity index (χ3n) is 3.20. The molecule has 1 N–H and O–H groups in total. The molecule has 0 spiro atoms. The molecular formula is C14H10BrNO3S. The first-order valence-corrected chi connectivity index (χ1v) is 7.61. The number of benzene rings is 1. The van der Waals surface area contributed by atoms with Crippen LogP contribution in [0.25, 0.3) is 0 Å². The van der Waals surface area contributed by atoms with Gasteiger partial charge in [0.1, 0.15) is 0 Å². The molecule has 6 heteroatoms. The number of carbonyl (C=O) groups is 2. The molecule has 0 atom stereocenters. The summed E-state index contributed by atoms with van der Waals surface area (Å²) in [7, 11) is 0. The van der Waals surface area contributed by atoms with E-state index < -0.39 is 5.97 Å². The van der Waals surface area contributed by atoms with Crippen molar-refractivity contribution in [3.63, 3.8) is 0 Å². The Morgan fingerprint density at radius 3 is 2.85 bits per heavy atom. The lowest BCUT2D eigenvalue weighted by atomic mass is 10.1. The number of hydrogen-bond acceptors (Lipinski definition) is 3. The van der Waals surface area contributed by atoms with Gasteiger partial charge in [-0.25, -0.2) is 4.79 Å². The quantitative estimate of drug-likeness (QED) is 0.922. The van der Waals surface area contributed by atoms with Crippen LogP contribution >= 0.6 is 27.3 Å². The largest absolute Gasteiger partial charge is 0.478 e. The highest BCUT2D eigenvalue weighted by Gasteiger charge is 2.28. The van der Waals surface area contributed by atoms with Gasteiger partial charge in [0.15, 0.2) is 0 Å². The van der Waals surface area contributed by atoms with E-state index in [0.717, 1.165) is 14.9 Å². The summed E-state index contributed by atoms with van der Waals surface area (Å²) in [5, 5.41) is 11.0. The van der Waals surface area contributed by atoms with Crippen LogP contribution in [0.15, 0.2) is 34.1 Å². The zero-order valence-electron chi connectivity index (χ0n) is 10.3. The Morgan fingerprint density at radius 2 is 2.20 bits per heavy atom. The highest BCUT2D eigenvalue weighted by Crippen LogP contribution is 2.32. The molecule has 1 aliphatic heterocycles. The predicted octanol–water partition coefficient (Wildman–Crippen LogP) is 3.30. The van der Waals surface area contributed by atoms with Crippen molar-refractivity contribution in [3.8, 4) is 0 Å². The molecule has 0 radical (unpaired) electrons. The van der Waals surface area contributed by atoms with Crippen LogP contribution in [0.4, 0.5) is 5.69 Å². The first-order chi connectivity index (χ1) is 9.54. The molecule has 2 heterocycles. The Kier molecular flexibility index (Phi) is 3.35. The normalized spacial score (nSPS) is 13.7. The van der Waals surface area contributed by atoms with Crippen molar-refractivity contribution in [2.75, 3.05) is 4.90 Å². The van der Waals surface area contributed by atoms with Gasteiger partial charge in [0.05, 0.1) is 18.5 Å². The molecular weight excluding hydrogens is 342 g/mol. The molecule has 0 fully saturated rings. The van der Waals surface area contributed by atoms with Gasteiger partial charge in [-0.1, -0.05) is 6.07 Å².